The van der Waals surface area contributed by atoms with Crippen LogP contribution in [0.3, 0.4) is 0 Å². The summed E-state index contributed by atoms with van der Waals surface area (Å²) in [5, 5.41) is 8.31. The van der Waals surface area contributed by atoms with Crippen molar-refractivity contribution < 1.29 is 86.5 Å². The Balaban J connectivity index is -0.0000000770. The number of carboxylic acids is 1. The molecule has 0 saturated heterocycles. The van der Waals surface area contributed by atoms with Gasteiger partial charge in [0.15, 0.2) is 0 Å². The summed E-state index contributed by atoms with van der Waals surface area (Å²) in [5.74, 6) is -0.782. The molecule has 0 aromatic rings. The fourth-order valence-corrected chi connectivity index (χ4v) is 0.221. The van der Waals surface area contributed by atoms with E-state index in [0.717, 1.165) is 0 Å². The average Bonchev–Trinajstić information content (AvgIpc) is 1.81. The van der Waals surface area contributed by atoms with Gasteiger partial charge in [0.2, 0.25) is 0 Å². The number of rotatable bonds is 2. The van der Waals surface area contributed by atoms with Crippen LogP contribution in [-0.2, 0) is 15.2 Å². The summed E-state index contributed by atoms with van der Waals surface area (Å²) >= 11 is 0. The maximum absolute atomic E-state index is 10.1. The van der Waals surface area contributed by atoms with Crippen molar-refractivity contribution in [3.63, 3.8) is 0 Å². The first-order chi connectivity index (χ1) is 5.55. The molecule has 7 nitrogen and oxygen atoms in total. The molecule has 0 radical (unpaired) electrons. The standard InChI is InChI=1S/C5H11NO2.2Na.H2O4S/c1-4(5(7)8)6(2)3;;;1-5(2,3)4/h4H,1-3H3,(H,7,8);;;(H2,1,2,3,4)/q;2*+1;/p-2. The Morgan fingerprint density at radius 3 is 1.47 bits per heavy atom. The molecule has 0 amide bonds. The molecule has 0 spiro atoms. The van der Waals surface area contributed by atoms with Gasteiger partial charge in [-0.1, -0.05) is 0 Å². The van der Waals surface area contributed by atoms with Crippen LogP contribution in [0.15, 0.2) is 0 Å². The Morgan fingerprint density at radius 1 is 1.27 bits per heavy atom. The third-order valence-corrected chi connectivity index (χ3v) is 1.13. The van der Waals surface area contributed by atoms with Crippen molar-refractivity contribution in [1.29, 1.82) is 0 Å². The van der Waals surface area contributed by atoms with Crippen molar-refractivity contribution >= 4 is 16.4 Å². The first kappa shape index (κ1) is 25.2. The number of hydrogen-bond donors (Lipinski definition) is 1. The van der Waals surface area contributed by atoms with Crippen molar-refractivity contribution in [3.8, 4) is 0 Å². The van der Waals surface area contributed by atoms with Crippen molar-refractivity contribution in [1.82, 2.24) is 4.90 Å². The molecule has 0 aromatic carbocycles. The first-order valence-electron chi connectivity index (χ1n) is 3.11. The second-order valence-electron chi connectivity index (χ2n) is 2.39. The molecule has 0 aromatic heterocycles. The van der Waals surface area contributed by atoms with Gasteiger partial charge in [-0.3, -0.25) is 18.1 Å². The van der Waals surface area contributed by atoms with Gasteiger partial charge in [-0.05, 0) is 21.0 Å². The fraction of sp³-hybridized carbons (Fsp3) is 0.800. The summed E-state index contributed by atoms with van der Waals surface area (Å²) < 4.78 is 34.1. The third kappa shape index (κ3) is 31.3. The van der Waals surface area contributed by atoms with E-state index in [-0.39, 0.29) is 65.2 Å². The minimum absolute atomic E-state index is 0. The number of hydrogen-bond acceptors (Lipinski definition) is 6. The number of carboxylic acid groups (broad SMARTS) is 1. The number of nitrogens with zero attached hydrogens (tertiary/aromatic N) is 1. The number of likely N-dealkylation sites (N-methyl/N-ethyl adjacent to an activating group) is 1. The van der Waals surface area contributed by atoms with E-state index >= 15 is 0 Å². The smallest absolute Gasteiger partial charge is 0.759 e. The van der Waals surface area contributed by atoms with Crippen molar-refractivity contribution in [2.24, 2.45) is 0 Å². The normalized spacial score (nSPS) is 11.3. The number of aliphatic carboxylic acids is 1. The van der Waals surface area contributed by atoms with Gasteiger partial charge in [-0.15, -0.1) is 0 Å². The summed E-state index contributed by atoms with van der Waals surface area (Å²) in [5.41, 5.74) is 0. The minimum atomic E-state index is -5.17. The van der Waals surface area contributed by atoms with Gasteiger partial charge >= 0.3 is 65.1 Å². The molecule has 0 saturated carbocycles. The van der Waals surface area contributed by atoms with Crippen LogP contribution in [0.4, 0.5) is 0 Å². The van der Waals surface area contributed by atoms with E-state index in [1.807, 2.05) is 0 Å². The van der Waals surface area contributed by atoms with Gasteiger partial charge in [-0.2, -0.15) is 0 Å². The molecular weight excluding hydrogens is 248 g/mol. The Bertz CT molecular complexity index is 246. The molecule has 0 fully saturated rings. The van der Waals surface area contributed by atoms with E-state index in [4.69, 9.17) is 22.6 Å². The van der Waals surface area contributed by atoms with Crippen molar-refractivity contribution in [2.75, 3.05) is 14.1 Å². The van der Waals surface area contributed by atoms with Crippen molar-refractivity contribution in [2.45, 2.75) is 13.0 Å². The second kappa shape index (κ2) is 11.8. The van der Waals surface area contributed by atoms with Crippen LogP contribution >= 0.6 is 0 Å². The molecule has 1 N–H and O–H groups in total. The zero-order valence-electron chi connectivity index (χ0n) is 9.42. The zero-order valence-corrected chi connectivity index (χ0v) is 14.2. The maximum atomic E-state index is 10.1. The second-order valence-corrected chi connectivity index (χ2v) is 3.20. The Kier molecular flexibility index (Phi) is 19.8. The SMILES string of the molecule is CC(C(=O)O)N(C)C.O=S(=O)([O-])[O-].[Na+].[Na+]. The molecule has 0 heterocycles. The topological polar surface area (TPSA) is 121 Å². The van der Waals surface area contributed by atoms with Gasteiger partial charge < -0.3 is 14.2 Å². The molecule has 0 bridgehead atoms. The van der Waals surface area contributed by atoms with Gasteiger partial charge in [0, 0.05) is 10.4 Å². The number of carbonyl (C=O) groups is 1. The minimum Gasteiger partial charge on any atom is -0.759 e. The Hall–Kier alpha value is 1.30. The van der Waals surface area contributed by atoms with Gasteiger partial charge in [0.05, 0.1) is 0 Å². The van der Waals surface area contributed by atoms with E-state index in [9.17, 15) is 4.79 Å². The quantitative estimate of drug-likeness (QED) is 0.297. The Labute approximate surface area is 133 Å². The summed E-state index contributed by atoms with van der Waals surface area (Å²) in [6.07, 6.45) is 0. The molecule has 0 aliphatic heterocycles. The Morgan fingerprint density at radius 2 is 1.47 bits per heavy atom. The molecule has 1 unspecified atom stereocenters. The van der Waals surface area contributed by atoms with E-state index < -0.39 is 16.4 Å². The summed E-state index contributed by atoms with van der Waals surface area (Å²) in [6, 6.07) is -0.380. The molecule has 0 rings (SSSR count). The van der Waals surface area contributed by atoms with Crippen LogP contribution in [0.5, 0.6) is 0 Å². The van der Waals surface area contributed by atoms with Crippen LogP contribution in [0.25, 0.3) is 0 Å². The summed E-state index contributed by atoms with van der Waals surface area (Å²) in [7, 11) is -1.70. The first-order valence-corrected chi connectivity index (χ1v) is 4.45. The van der Waals surface area contributed by atoms with Crippen LogP contribution in [0.1, 0.15) is 6.92 Å². The van der Waals surface area contributed by atoms with E-state index in [0.29, 0.717) is 0 Å². The third-order valence-electron chi connectivity index (χ3n) is 1.13. The van der Waals surface area contributed by atoms with Gasteiger partial charge in [-0.25, -0.2) is 0 Å². The maximum Gasteiger partial charge on any atom is 1.00 e. The fourth-order valence-electron chi connectivity index (χ4n) is 0.221. The van der Waals surface area contributed by atoms with Crippen LogP contribution in [0.2, 0.25) is 0 Å². The van der Waals surface area contributed by atoms with Gasteiger partial charge in [0.1, 0.15) is 6.04 Å². The van der Waals surface area contributed by atoms with Crippen LogP contribution in [0, 0.1) is 0 Å². The van der Waals surface area contributed by atoms with E-state index in [2.05, 4.69) is 0 Å². The summed E-state index contributed by atoms with van der Waals surface area (Å²) in [6.45, 7) is 1.64. The molecular formula is C5H11NNa2O6S. The molecule has 80 valence electrons. The predicted octanol–water partition coefficient (Wildman–Crippen LogP) is -7.31. The molecule has 0 aliphatic carbocycles. The molecule has 0 aliphatic rings. The van der Waals surface area contributed by atoms with E-state index in [1.54, 1.807) is 25.9 Å². The van der Waals surface area contributed by atoms with Crippen LogP contribution in [-0.4, -0.2) is 53.6 Å². The molecule has 10 heteroatoms. The average molecular weight is 259 g/mol. The van der Waals surface area contributed by atoms with Crippen LogP contribution < -0.4 is 59.1 Å². The molecule has 15 heavy (non-hydrogen) atoms. The monoisotopic (exact) mass is 259 g/mol. The molecule has 1 atom stereocenters. The zero-order chi connectivity index (χ0) is 11.2. The van der Waals surface area contributed by atoms with Crippen molar-refractivity contribution in [3.05, 3.63) is 0 Å². The van der Waals surface area contributed by atoms with Gasteiger partial charge in [0.25, 0.3) is 0 Å². The summed E-state index contributed by atoms with van der Waals surface area (Å²) in [4.78, 5) is 11.7. The predicted molar refractivity (Wildman–Crippen MR) is 41.3 cm³/mol. The largest absolute Gasteiger partial charge is 1.00 e. The van der Waals surface area contributed by atoms with E-state index in [1.165, 1.54) is 0 Å².